The molecule has 0 unspecified atom stereocenters. The summed E-state index contributed by atoms with van der Waals surface area (Å²) in [6.45, 7) is 5.72. The molecule has 0 amide bonds. The molecule has 4 heteroatoms. The molecule has 0 saturated heterocycles. The van der Waals surface area contributed by atoms with Crippen molar-refractivity contribution in [2.45, 2.75) is 45.0 Å². The molecule has 1 aromatic carbocycles. The largest absolute Gasteiger partial charge is 0.459 e. The van der Waals surface area contributed by atoms with Gasteiger partial charge in [-0.25, -0.2) is 0 Å². The van der Waals surface area contributed by atoms with E-state index in [9.17, 15) is 10.2 Å². The van der Waals surface area contributed by atoms with E-state index in [-0.39, 0.29) is 6.61 Å². The number of allylic oxidation sites excluding steroid dienone is 1. The highest BCUT2D eigenvalue weighted by Crippen LogP contribution is 2.29. The monoisotopic (exact) mass is 356 g/mol. The summed E-state index contributed by atoms with van der Waals surface area (Å²) in [5, 5.41) is 30.2. The Balaban J connectivity index is 1.99. The van der Waals surface area contributed by atoms with Gasteiger partial charge >= 0.3 is 0 Å². The number of hydrogen-bond acceptors (Lipinski definition) is 4. The summed E-state index contributed by atoms with van der Waals surface area (Å²) >= 11 is 0. The Bertz CT molecular complexity index is 702. The Morgan fingerprint density at radius 1 is 1.15 bits per heavy atom. The number of furan rings is 1. The van der Waals surface area contributed by atoms with E-state index in [4.69, 9.17) is 9.52 Å². The normalized spacial score (nSPS) is 15.5. The molecule has 0 saturated carbocycles. The molecule has 26 heavy (non-hydrogen) atoms. The first-order valence-electron chi connectivity index (χ1n) is 9.01. The van der Waals surface area contributed by atoms with Crippen molar-refractivity contribution in [3.8, 4) is 0 Å². The maximum Gasteiger partial charge on any atom is 0.130 e. The van der Waals surface area contributed by atoms with Crippen LogP contribution in [0.4, 0.5) is 0 Å². The Labute approximate surface area is 155 Å². The van der Waals surface area contributed by atoms with E-state index in [1.165, 1.54) is 0 Å². The summed E-state index contributed by atoms with van der Waals surface area (Å²) in [5.74, 6) is 0.800. The zero-order valence-corrected chi connectivity index (χ0v) is 15.2. The molecule has 0 aliphatic rings. The molecule has 0 radical (unpaired) electrons. The zero-order valence-electron chi connectivity index (χ0n) is 15.2. The van der Waals surface area contributed by atoms with Crippen LogP contribution in [0.2, 0.25) is 0 Å². The fourth-order valence-corrected chi connectivity index (χ4v) is 3.00. The molecule has 4 nitrogen and oxygen atoms in total. The van der Waals surface area contributed by atoms with Crippen molar-refractivity contribution in [3.63, 3.8) is 0 Å². The van der Waals surface area contributed by atoms with Crippen LogP contribution < -0.4 is 0 Å². The first-order valence-corrected chi connectivity index (χ1v) is 9.01. The van der Waals surface area contributed by atoms with Gasteiger partial charge in [-0.3, -0.25) is 0 Å². The molecule has 0 aliphatic heterocycles. The standard InChI is InChI=1S/C22H28O4/c1-3-16(14-18-11-12-19(15-23)26-18)10-13-21(24)20(4-2)22(25)17-8-6-5-7-9-17/h4-9,11-12,14,20-25H,2-3,10,13,15H2,1H3/b16-14+/t20-,21-,22-/m1/s1. The van der Waals surface area contributed by atoms with E-state index < -0.39 is 18.1 Å². The van der Waals surface area contributed by atoms with Crippen LogP contribution in [0.5, 0.6) is 0 Å². The van der Waals surface area contributed by atoms with Crippen molar-refractivity contribution in [3.05, 3.63) is 77.8 Å². The predicted molar refractivity (Wildman–Crippen MR) is 103 cm³/mol. The quantitative estimate of drug-likeness (QED) is 0.557. The summed E-state index contributed by atoms with van der Waals surface area (Å²) in [6, 6.07) is 12.9. The average molecular weight is 356 g/mol. The van der Waals surface area contributed by atoms with Gasteiger partial charge in [-0.05, 0) is 43.0 Å². The highest BCUT2D eigenvalue weighted by molar-refractivity contribution is 5.47. The first-order chi connectivity index (χ1) is 12.6. The summed E-state index contributed by atoms with van der Waals surface area (Å²) in [7, 11) is 0. The van der Waals surface area contributed by atoms with Gasteiger partial charge in [-0.1, -0.05) is 48.9 Å². The second-order valence-corrected chi connectivity index (χ2v) is 6.39. The van der Waals surface area contributed by atoms with Crippen LogP contribution in [-0.2, 0) is 6.61 Å². The smallest absolute Gasteiger partial charge is 0.130 e. The van der Waals surface area contributed by atoms with Gasteiger partial charge in [0, 0.05) is 5.92 Å². The molecule has 0 spiro atoms. The number of benzene rings is 1. The van der Waals surface area contributed by atoms with E-state index in [0.717, 1.165) is 17.6 Å². The Kier molecular flexibility index (Phi) is 7.85. The summed E-state index contributed by atoms with van der Waals surface area (Å²) in [6.07, 6.45) is 4.14. The lowest BCUT2D eigenvalue weighted by molar-refractivity contribution is 0.0318. The zero-order chi connectivity index (χ0) is 18.9. The van der Waals surface area contributed by atoms with Gasteiger partial charge in [0.1, 0.15) is 18.1 Å². The minimum Gasteiger partial charge on any atom is -0.459 e. The molecular formula is C22H28O4. The number of aliphatic hydroxyl groups is 3. The van der Waals surface area contributed by atoms with Crippen molar-refractivity contribution in [2.24, 2.45) is 5.92 Å². The van der Waals surface area contributed by atoms with Gasteiger partial charge < -0.3 is 19.7 Å². The lowest BCUT2D eigenvalue weighted by atomic mass is 9.87. The fraction of sp³-hybridized carbons (Fsp3) is 0.364. The molecule has 140 valence electrons. The highest BCUT2D eigenvalue weighted by Gasteiger charge is 2.25. The molecule has 2 rings (SSSR count). The molecule has 0 aliphatic carbocycles. The molecule has 0 bridgehead atoms. The Morgan fingerprint density at radius 3 is 2.46 bits per heavy atom. The van der Waals surface area contributed by atoms with Crippen molar-refractivity contribution >= 4 is 6.08 Å². The Morgan fingerprint density at radius 2 is 1.88 bits per heavy atom. The predicted octanol–water partition coefficient (Wildman–Crippen LogP) is 4.24. The maximum absolute atomic E-state index is 10.6. The van der Waals surface area contributed by atoms with Crippen LogP contribution in [0, 0.1) is 5.92 Å². The van der Waals surface area contributed by atoms with Crippen LogP contribution in [0.25, 0.3) is 6.08 Å². The van der Waals surface area contributed by atoms with Crippen LogP contribution >= 0.6 is 0 Å². The third-order valence-electron chi connectivity index (χ3n) is 4.62. The van der Waals surface area contributed by atoms with Gasteiger partial charge in [0.05, 0.1) is 12.2 Å². The van der Waals surface area contributed by atoms with Crippen molar-refractivity contribution in [1.82, 2.24) is 0 Å². The molecule has 1 aromatic heterocycles. The fourth-order valence-electron chi connectivity index (χ4n) is 3.00. The van der Waals surface area contributed by atoms with E-state index in [0.29, 0.717) is 24.4 Å². The van der Waals surface area contributed by atoms with E-state index in [1.807, 2.05) is 42.5 Å². The van der Waals surface area contributed by atoms with Gasteiger partial charge in [0.15, 0.2) is 0 Å². The van der Waals surface area contributed by atoms with E-state index >= 15 is 0 Å². The average Bonchev–Trinajstić information content (AvgIpc) is 3.13. The second-order valence-electron chi connectivity index (χ2n) is 6.39. The minimum absolute atomic E-state index is 0.119. The molecule has 1 heterocycles. The first kappa shape index (κ1) is 20.2. The van der Waals surface area contributed by atoms with Crippen molar-refractivity contribution in [1.29, 1.82) is 0 Å². The summed E-state index contributed by atoms with van der Waals surface area (Å²) in [4.78, 5) is 0. The topological polar surface area (TPSA) is 73.8 Å². The van der Waals surface area contributed by atoms with Gasteiger partial charge in [0.25, 0.3) is 0 Å². The molecule has 3 N–H and O–H groups in total. The number of hydrogen-bond donors (Lipinski definition) is 3. The molecular weight excluding hydrogens is 328 g/mol. The number of rotatable bonds is 10. The van der Waals surface area contributed by atoms with Crippen molar-refractivity contribution < 1.29 is 19.7 Å². The van der Waals surface area contributed by atoms with Crippen molar-refractivity contribution in [2.75, 3.05) is 0 Å². The molecule has 0 fully saturated rings. The third-order valence-corrected chi connectivity index (χ3v) is 4.62. The summed E-state index contributed by atoms with van der Waals surface area (Å²) in [5.41, 5.74) is 1.91. The van der Waals surface area contributed by atoms with Gasteiger partial charge in [-0.15, -0.1) is 6.58 Å². The van der Waals surface area contributed by atoms with Gasteiger partial charge in [0.2, 0.25) is 0 Å². The molecule has 3 atom stereocenters. The van der Waals surface area contributed by atoms with Gasteiger partial charge in [-0.2, -0.15) is 0 Å². The lowest BCUT2D eigenvalue weighted by Gasteiger charge is -2.25. The highest BCUT2D eigenvalue weighted by atomic mass is 16.4. The van der Waals surface area contributed by atoms with Crippen LogP contribution in [0.3, 0.4) is 0 Å². The third kappa shape index (κ3) is 5.43. The van der Waals surface area contributed by atoms with E-state index in [2.05, 4.69) is 13.5 Å². The molecule has 2 aromatic rings. The number of aliphatic hydroxyl groups excluding tert-OH is 3. The van der Waals surface area contributed by atoms with Crippen LogP contribution in [0.15, 0.2) is 65.1 Å². The van der Waals surface area contributed by atoms with Crippen LogP contribution in [0.1, 0.15) is 49.4 Å². The maximum atomic E-state index is 10.6. The summed E-state index contributed by atoms with van der Waals surface area (Å²) < 4.78 is 5.49. The lowest BCUT2D eigenvalue weighted by Crippen LogP contribution is -2.25. The minimum atomic E-state index is -0.782. The second kappa shape index (κ2) is 10.1. The van der Waals surface area contributed by atoms with Crippen LogP contribution in [-0.4, -0.2) is 21.4 Å². The SMILES string of the molecule is C=C[C@H]([C@H](O)CC/C(=C/c1ccc(CO)o1)CC)[C@H](O)c1ccccc1. The van der Waals surface area contributed by atoms with E-state index in [1.54, 1.807) is 12.1 Å². The Hall–Kier alpha value is -2.14.